The van der Waals surface area contributed by atoms with Crippen molar-refractivity contribution in [3.63, 3.8) is 0 Å². The molecule has 2 aromatic rings. The molecule has 3 heterocycles. The van der Waals surface area contributed by atoms with Gasteiger partial charge in [-0.2, -0.15) is 0 Å². The summed E-state index contributed by atoms with van der Waals surface area (Å²) in [6.07, 6.45) is 2.62. The number of aryl methyl sites for hydroxylation is 2. The Morgan fingerprint density at radius 3 is 2.72 bits per heavy atom. The maximum Gasteiger partial charge on any atom is 0.223 e. The lowest BCUT2D eigenvalue weighted by atomic mass is 9.95. The third kappa shape index (κ3) is 3.94. The summed E-state index contributed by atoms with van der Waals surface area (Å²) in [5, 5.41) is 6.39. The van der Waals surface area contributed by atoms with Crippen molar-refractivity contribution in [2.75, 3.05) is 24.5 Å². The summed E-state index contributed by atoms with van der Waals surface area (Å²) < 4.78 is 0. The van der Waals surface area contributed by atoms with Gasteiger partial charge < -0.3 is 10.2 Å². The third-order valence-corrected chi connectivity index (χ3v) is 5.73. The highest BCUT2D eigenvalue weighted by Gasteiger charge is 2.27. The summed E-state index contributed by atoms with van der Waals surface area (Å²) in [6, 6.07) is 0. The molecular formula is C19H28N4OS. The number of carbonyl (C=O) groups excluding carboxylic acids is 1. The Kier molecular flexibility index (Phi) is 5.57. The highest BCUT2D eigenvalue weighted by Crippen LogP contribution is 2.33. The van der Waals surface area contributed by atoms with E-state index in [1.807, 2.05) is 0 Å². The van der Waals surface area contributed by atoms with Gasteiger partial charge in [0.05, 0.1) is 10.9 Å². The first-order valence-electron chi connectivity index (χ1n) is 9.27. The number of anilines is 1. The summed E-state index contributed by atoms with van der Waals surface area (Å²) in [4.78, 5) is 25.4. The lowest BCUT2D eigenvalue weighted by Gasteiger charge is -2.33. The molecule has 1 saturated heterocycles. The Bertz CT molecular complexity index is 747. The van der Waals surface area contributed by atoms with Crippen LogP contribution in [0.25, 0.3) is 10.9 Å². The molecule has 136 valence electrons. The van der Waals surface area contributed by atoms with Gasteiger partial charge in [-0.05, 0) is 25.7 Å². The number of nitrogens with one attached hydrogen (secondary N) is 1. The lowest BCUT2D eigenvalue weighted by Crippen LogP contribution is -2.41. The zero-order valence-corrected chi connectivity index (χ0v) is 16.4. The van der Waals surface area contributed by atoms with Gasteiger partial charge in [-0.3, -0.25) is 4.79 Å². The first-order valence-corrected chi connectivity index (χ1v) is 10.1. The highest BCUT2D eigenvalue weighted by molar-refractivity contribution is 7.11. The van der Waals surface area contributed by atoms with Crippen LogP contribution in [0.4, 0.5) is 5.82 Å². The Balaban J connectivity index is 1.74. The van der Waals surface area contributed by atoms with Crippen molar-refractivity contribution >= 4 is 34.0 Å². The number of hydrogen-bond acceptors (Lipinski definition) is 5. The van der Waals surface area contributed by atoms with Crippen molar-refractivity contribution in [3.8, 4) is 0 Å². The van der Waals surface area contributed by atoms with Gasteiger partial charge in [-0.1, -0.05) is 20.8 Å². The first kappa shape index (κ1) is 18.1. The van der Waals surface area contributed by atoms with E-state index in [0.29, 0.717) is 5.92 Å². The molecule has 0 bridgehead atoms. The summed E-state index contributed by atoms with van der Waals surface area (Å²) in [6.45, 7) is 11.0. The maximum absolute atomic E-state index is 12.3. The zero-order valence-electron chi connectivity index (χ0n) is 15.6. The van der Waals surface area contributed by atoms with Crippen LogP contribution in [0.2, 0.25) is 0 Å². The number of fused-ring (bicyclic) bond motifs is 1. The van der Waals surface area contributed by atoms with Crippen LogP contribution in [0, 0.1) is 18.8 Å². The van der Waals surface area contributed by atoms with Crippen molar-refractivity contribution in [1.29, 1.82) is 0 Å². The average molecular weight is 361 g/mol. The summed E-state index contributed by atoms with van der Waals surface area (Å²) in [7, 11) is 0. The van der Waals surface area contributed by atoms with Crippen LogP contribution in [0.5, 0.6) is 0 Å². The second kappa shape index (κ2) is 7.68. The van der Waals surface area contributed by atoms with E-state index >= 15 is 0 Å². The van der Waals surface area contributed by atoms with Crippen LogP contribution in [-0.2, 0) is 11.2 Å². The van der Waals surface area contributed by atoms with Gasteiger partial charge in [-0.15, -0.1) is 11.3 Å². The van der Waals surface area contributed by atoms with E-state index in [1.165, 1.54) is 10.3 Å². The molecule has 25 heavy (non-hydrogen) atoms. The first-order chi connectivity index (χ1) is 12.0. The highest BCUT2D eigenvalue weighted by atomic mass is 32.1. The molecule has 1 fully saturated rings. The van der Waals surface area contributed by atoms with Gasteiger partial charge >= 0.3 is 0 Å². The number of rotatable bonds is 5. The largest absolute Gasteiger partial charge is 0.356 e. The molecule has 1 amide bonds. The molecule has 0 radical (unpaired) electrons. The molecule has 0 spiro atoms. The number of hydrogen-bond donors (Lipinski definition) is 1. The maximum atomic E-state index is 12.3. The van der Waals surface area contributed by atoms with E-state index in [4.69, 9.17) is 4.98 Å². The van der Waals surface area contributed by atoms with Gasteiger partial charge in [0.2, 0.25) is 5.91 Å². The predicted molar refractivity (Wildman–Crippen MR) is 104 cm³/mol. The number of nitrogens with zero attached hydrogens (tertiary/aromatic N) is 3. The van der Waals surface area contributed by atoms with Crippen LogP contribution >= 0.6 is 11.3 Å². The smallest absolute Gasteiger partial charge is 0.223 e. The van der Waals surface area contributed by atoms with E-state index in [-0.39, 0.29) is 11.8 Å². The number of amides is 1. The number of piperidine rings is 1. The normalized spacial score (nSPS) is 16.0. The fraction of sp³-hybridized carbons (Fsp3) is 0.632. The fourth-order valence-electron chi connectivity index (χ4n) is 3.33. The van der Waals surface area contributed by atoms with Crippen molar-refractivity contribution in [2.45, 2.75) is 47.0 Å². The van der Waals surface area contributed by atoms with E-state index < -0.39 is 0 Å². The quantitative estimate of drug-likeness (QED) is 0.886. The van der Waals surface area contributed by atoms with E-state index in [9.17, 15) is 4.79 Å². The Labute approximate surface area is 153 Å². The molecule has 0 atom stereocenters. The molecule has 1 N–H and O–H groups in total. The lowest BCUT2D eigenvalue weighted by molar-refractivity contribution is -0.125. The molecule has 0 aromatic carbocycles. The van der Waals surface area contributed by atoms with E-state index in [2.05, 4.69) is 48.3 Å². The SMILES string of the molecule is CCc1nc(N2CCC(C(=O)NCC(C)C)CC2)c2c(C)scc2n1. The van der Waals surface area contributed by atoms with Crippen molar-refractivity contribution < 1.29 is 4.79 Å². The molecule has 1 aliphatic heterocycles. The van der Waals surface area contributed by atoms with Gasteiger partial charge in [0, 0.05) is 42.2 Å². The molecule has 0 saturated carbocycles. The van der Waals surface area contributed by atoms with Gasteiger partial charge in [0.25, 0.3) is 0 Å². The minimum absolute atomic E-state index is 0.126. The fourth-order valence-corrected chi connectivity index (χ4v) is 4.10. The molecule has 6 heteroatoms. The Morgan fingerprint density at radius 2 is 2.08 bits per heavy atom. The van der Waals surface area contributed by atoms with E-state index in [0.717, 1.165) is 56.1 Å². The van der Waals surface area contributed by atoms with Crippen molar-refractivity contribution in [1.82, 2.24) is 15.3 Å². The average Bonchev–Trinajstić information content (AvgIpc) is 3.00. The molecule has 5 nitrogen and oxygen atoms in total. The predicted octanol–water partition coefficient (Wildman–Crippen LogP) is 3.55. The molecule has 2 aromatic heterocycles. The molecule has 3 rings (SSSR count). The van der Waals surface area contributed by atoms with Crippen LogP contribution < -0.4 is 10.2 Å². The molecule has 1 aliphatic rings. The molecule has 0 unspecified atom stereocenters. The monoisotopic (exact) mass is 360 g/mol. The Morgan fingerprint density at radius 1 is 1.36 bits per heavy atom. The molecule has 0 aliphatic carbocycles. The van der Waals surface area contributed by atoms with Crippen LogP contribution in [0.1, 0.15) is 44.3 Å². The van der Waals surface area contributed by atoms with E-state index in [1.54, 1.807) is 11.3 Å². The number of carbonyl (C=O) groups is 1. The number of aromatic nitrogens is 2. The standard InChI is InChI=1S/C19H28N4OS/c1-5-16-21-15-11-25-13(4)17(15)18(22-16)23-8-6-14(7-9-23)19(24)20-10-12(2)3/h11-12,14H,5-10H2,1-4H3,(H,20,24). The third-order valence-electron chi connectivity index (χ3n) is 4.83. The van der Waals surface area contributed by atoms with Crippen LogP contribution in [0.15, 0.2) is 5.38 Å². The Hall–Kier alpha value is -1.69. The van der Waals surface area contributed by atoms with Crippen LogP contribution in [-0.4, -0.2) is 35.5 Å². The summed E-state index contributed by atoms with van der Waals surface area (Å²) >= 11 is 1.74. The van der Waals surface area contributed by atoms with Crippen LogP contribution in [0.3, 0.4) is 0 Å². The van der Waals surface area contributed by atoms with Crippen molar-refractivity contribution in [2.24, 2.45) is 11.8 Å². The molecular weight excluding hydrogens is 332 g/mol. The topological polar surface area (TPSA) is 58.1 Å². The summed E-state index contributed by atoms with van der Waals surface area (Å²) in [5.74, 6) is 2.79. The van der Waals surface area contributed by atoms with Gasteiger partial charge in [0.1, 0.15) is 11.6 Å². The van der Waals surface area contributed by atoms with Crippen molar-refractivity contribution in [3.05, 3.63) is 16.1 Å². The summed E-state index contributed by atoms with van der Waals surface area (Å²) in [5.41, 5.74) is 1.06. The van der Waals surface area contributed by atoms with Gasteiger partial charge in [0.15, 0.2) is 0 Å². The zero-order chi connectivity index (χ0) is 18.0. The minimum Gasteiger partial charge on any atom is -0.356 e. The number of thiophene rings is 1. The second-order valence-electron chi connectivity index (χ2n) is 7.27. The second-order valence-corrected chi connectivity index (χ2v) is 8.35. The van der Waals surface area contributed by atoms with Gasteiger partial charge in [-0.25, -0.2) is 9.97 Å². The minimum atomic E-state index is 0.126.